The Kier molecular flexibility index (Phi) is 24.2. The van der Waals surface area contributed by atoms with E-state index in [1.54, 1.807) is 18.0 Å². The normalized spacial score (nSPS) is 14.6. The second-order valence-corrected chi connectivity index (χ2v) is 12.6. The summed E-state index contributed by atoms with van der Waals surface area (Å²) in [4.78, 5) is 30.5. The number of unbranched alkanes of at least 4 members (excludes halogenated alkanes) is 5. The molecule has 0 bridgehead atoms. The molecular weight excluding hydrogens is 594 g/mol. The minimum absolute atomic E-state index is 0.0900. The van der Waals surface area contributed by atoms with Crippen molar-refractivity contribution in [3.05, 3.63) is 81.5 Å². The third kappa shape index (κ3) is 17.4. The average Bonchev–Trinajstić information content (AvgIpc) is 3.07. The van der Waals surface area contributed by atoms with Crippen molar-refractivity contribution in [2.45, 2.75) is 153 Å². The third-order valence-corrected chi connectivity index (χ3v) is 7.75. The van der Waals surface area contributed by atoms with E-state index in [0.29, 0.717) is 35.5 Å². The van der Waals surface area contributed by atoms with Crippen LogP contribution in [0.5, 0.6) is 0 Å². The number of hydrazone groups is 1. The Morgan fingerprint density at radius 2 is 1.54 bits per heavy atom. The highest BCUT2D eigenvalue weighted by atomic mass is 16.2. The van der Waals surface area contributed by atoms with Gasteiger partial charge in [0.2, 0.25) is 5.91 Å². The van der Waals surface area contributed by atoms with E-state index >= 15 is 0 Å². The molecule has 0 saturated heterocycles. The Bertz CT molecular complexity index is 1260. The number of amides is 2. The first-order valence-corrected chi connectivity index (χ1v) is 18.2. The number of rotatable bonds is 19. The van der Waals surface area contributed by atoms with Crippen LogP contribution in [0.15, 0.2) is 91.6 Å². The summed E-state index contributed by atoms with van der Waals surface area (Å²) in [5.41, 5.74) is 6.55. The lowest BCUT2D eigenvalue weighted by Crippen LogP contribution is -2.29. The van der Waals surface area contributed by atoms with E-state index in [1.165, 1.54) is 38.5 Å². The molecule has 0 aromatic heterocycles. The van der Waals surface area contributed by atoms with Gasteiger partial charge in [-0.25, -0.2) is 5.01 Å². The van der Waals surface area contributed by atoms with Crippen LogP contribution >= 0.6 is 0 Å². The maximum atomic E-state index is 13.7. The predicted molar refractivity (Wildman–Crippen MR) is 209 cm³/mol. The number of aliphatic imine (C=N–C) groups is 1. The van der Waals surface area contributed by atoms with E-state index in [4.69, 9.17) is 0 Å². The van der Waals surface area contributed by atoms with Gasteiger partial charge >= 0.3 is 0 Å². The molecule has 1 atom stereocenters. The van der Waals surface area contributed by atoms with Gasteiger partial charge in [-0.15, -0.1) is 0 Å². The summed E-state index contributed by atoms with van der Waals surface area (Å²) in [6.45, 7) is 26.3. The smallest absolute Gasteiger partial charge is 0.253 e. The van der Waals surface area contributed by atoms with Crippen molar-refractivity contribution in [3.63, 3.8) is 0 Å². The fourth-order valence-electron chi connectivity index (χ4n) is 4.54. The van der Waals surface area contributed by atoms with Crippen LogP contribution in [0.25, 0.3) is 0 Å². The van der Waals surface area contributed by atoms with Crippen LogP contribution in [0.2, 0.25) is 0 Å². The van der Waals surface area contributed by atoms with Crippen LogP contribution in [0, 0.1) is 0 Å². The van der Waals surface area contributed by atoms with E-state index in [-0.39, 0.29) is 17.9 Å². The molecule has 0 fully saturated rings. The summed E-state index contributed by atoms with van der Waals surface area (Å²) in [5.74, 6) is -0.311. The van der Waals surface area contributed by atoms with Crippen LogP contribution in [-0.4, -0.2) is 35.8 Å². The van der Waals surface area contributed by atoms with Crippen molar-refractivity contribution >= 4 is 24.7 Å². The molecule has 0 aromatic rings. The van der Waals surface area contributed by atoms with E-state index in [2.05, 4.69) is 69.0 Å². The molecule has 0 spiro atoms. The molecule has 2 N–H and O–H groups in total. The van der Waals surface area contributed by atoms with Gasteiger partial charge < -0.3 is 10.6 Å². The van der Waals surface area contributed by atoms with Gasteiger partial charge in [-0.05, 0) is 77.7 Å². The number of hydrogen-bond acceptors (Lipinski definition) is 5. The maximum absolute atomic E-state index is 13.7. The van der Waals surface area contributed by atoms with Gasteiger partial charge in [0, 0.05) is 54.1 Å². The molecule has 2 amide bonds. The molecule has 48 heavy (non-hydrogen) atoms. The van der Waals surface area contributed by atoms with Crippen molar-refractivity contribution in [2.75, 3.05) is 0 Å². The molecule has 7 nitrogen and oxygen atoms in total. The number of nitrogens with zero attached hydrogens (tertiary/aromatic N) is 3. The van der Waals surface area contributed by atoms with Gasteiger partial charge in [0.1, 0.15) is 0 Å². The first kappa shape index (κ1) is 44.3. The summed E-state index contributed by atoms with van der Waals surface area (Å²) in [6, 6.07) is 0.234. The minimum atomic E-state index is -0.221. The van der Waals surface area contributed by atoms with Gasteiger partial charge in [0.15, 0.2) is 0 Å². The molecule has 7 heteroatoms. The maximum Gasteiger partial charge on any atom is 0.253 e. The Morgan fingerprint density at radius 3 is 2.02 bits per heavy atom. The largest absolute Gasteiger partial charge is 0.326 e. The molecule has 1 aliphatic heterocycles. The Labute approximate surface area is 293 Å². The van der Waals surface area contributed by atoms with Crippen LogP contribution in [-0.2, 0) is 9.59 Å². The standard InChI is InChI=1S/C33H49N5O2.C8H18/c1-11-15-17-27(36-32(39)14-4)20-30(24(7)8)37-33(40)28(16-12-2)31-19-18-26(22-38(31)34-10)29(23(5)6)21-35-25(9)13-3;1-3-5-7-8-6-4-2/h15,17-22,25H,10-14,16H2,1-9H3,(H,36,39)(H,37,40);3-8H2,1-2H3/b17-15-,27-20+,31-28+,35-21?;. The third-order valence-electron chi connectivity index (χ3n) is 7.75. The summed E-state index contributed by atoms with van der Waals surface area (Å²) < 4.78 is 0. The van der Waals surface area contributed by atoms with Gasteiger partial charge in [0.05, 0.1) is 5.70 Å². The number of hydrogen-bond donors (Lipinski definition) is 2. The van der Waals surface area contributed by atoms with Crippen LogP contribution in [0.4, 0.5) is 0 Å². The lowest BCUT2D eigenvalue weighted by Gasteiger charge is -2.25. The van der Waals surface area contributed by atoms with Crippen molar-refractivity contribution in [1.82, 2.24) is 15.6 Å². The molecular formula is C41H67N5O2. The Morgan fingerprint density at radius 1 is 0.896 bits per heavy atom. The molecule has 1 heterocycles. The van der Waals surface area contributed by atoms with Crippen LogP contribution in [0.3, 0.4) is 0 Å². The summed E-state index contributed by atoms with van der Waals surface area (Å²) >= 11 is 0. The second-order valence-electron chi connectivity index (χ2n) is 12.6. The minimum Gasteiger partial charge on any atom is -0.326 e. The number of carbonyl (C=O) groups is 2. The molecule has 0 radical (unpaired) electrons. The van der Waals surface area contributed by atoms with Crippen LogP contribution in [0.1, 0.15) is 147 Å². The van der Waals surface area contributed by atoms with Gasteiger partial charge in [-0.2, -0.15) is 5.10 Å². The molecule has 1 unspecified atom stereocenters. The highest BCUT2D eigenvalue weighted by Gasteiger charge is 2.21. The van der Waals surface area contributed by atoms with Crippen molar-refractivity contribution < 1.29 is 9.59 Å². The van der Waals surface area contributed by atoms with Crippen molar-refractivity contribution in [3.8, 4) is 0 Å². The topological polar surface area (TPSA) is 86.2 Å². The molecule has 268 valence electrons. The molecule has 1 rings (SSSR count). The van der Waals surface area contributed by atoms with Gasteiger partial charge in [0.25, 0.3) is 5.91 Å². The zero-order chi connectivity index (χ0) is 36.5. The van der Waals surface area contributed by atoms with E-state index in [9.17, 15) is 9.59 Å². The highest BCUT2D eigenvalue weighted by Crippen LogP contribution is 2.27. The second kappa shape index (κ2) is 26.2. The first-order chi connectivity index (χ1) is 22.9. The molecule has 0 aromatic carbocycles. The number of carbonyl (C=O) groups excluding carboxylic acids is 2. The van der Waals surface area contributed by atoms with Crippen LogP contribution < -0.4 is 10.6 Å². The predicted octanol–water partition coefficient (Wildman–Crippen LogP) is 10.8. The molecule has 1 aliphatic rings. The summed E-state index contributed by atoms with van der Waals surface area (Å²) in [6.07, 6.45) is 25.3. The quantitative estimate of drug-likeness (QED) is 0.0625. The highest BCUT2D eigenvalue weighted by molar-refractivity contribution is 5.96. The lowest BCUT2D eigenvalue weighted by molar-refractivity contribution is -0.120. The van der Waals surface area contributed by atoms with E-state index in [0.717, 1.165) is 41.6 Å². The van der Waals surface area contributed by atoms with Gasteiger partial charge in [-0.3, -0.25) is 14.6 Å². The average molecular weight is 662 g/mol. The van der Waals surface area contributed by atoms with E-state index in [1.807, 2.05) is 64.4 Å². The number of nitrogens with one attached hydrogen (secondary N) is 2. The number of allylic oxidation sites excluding steroid dienone is 9. The lowest BCUT2D eigenvalue weighted by atomic mass is 9.98. The monoisotopic (exact) mass is 662 g/mol. The fraction of sp³-hybridized carbons (Fsp3) is 0.561. The zero-order valence-corrected chi connectivity index (χ0v) is 32.3. The van der Waals surface area contributed by atoms with Gasteiger partial charge in [-0.1, -0.05) is 110 Å². The Hall–Kier alpha value is -3.74. The SMILES string of the molecule is C=NN1C=C(C(C=NC(C)CC)=C(C)C)C=C/C1=C(/CCC)C(=O)NC(/C=C(\C=C/CC)NC(=O)CC)=C(C)C.CCCCCCCC. The fourth-order valence-corrected chi connectivity index (χ4v) is 4.54. The molecule has 0 aliphatic carbocycles. The Balaban J connectivity index is 0.00000243. The summed E-state index contributed by atoms with van der Waals surface area (Å²) in [5, 5.41) is 11.9. The van der Waals surface area contributed by atoms with Crippen molar-refractivity contribution in [1.29, 1.82) is 0 Å². The van der Waals surface area contributed by atoms with E-state index < -0.39 is 0 Å². The van der Waals surface area contributed by atoms with Crippen molar-refractivity contribution in [2.24, 2.45) is 10.1 Å². The summed E-state index contributed by atoms with van der Waals surface area (Å²) in [7, 11) is 0. The first-order valence-electron chi connectivity index (χ1n) is 18.2. The zero-order valence-electron chi connectivity index (χ0n) is 32.3. The molecule has 0 saturated carbocycles.